The number of benzene rings is 1. The number of hydrogen-bond acceptors (Lipinski definition) is 8. The monoisotopic (exact) mass is 355 g/mol. The van der Waals surface area contributed by atoms with E-state index in [0.717, 1.165) is 0 Å². The van der Waals surface area contributed by atoms with Crippen molar-refractivity contribution in [2.24, 2.45) is 0 Å². The lowest BCUT2D eigenvalue weighted by molar-refractivity contribution is 0.102. The van der Waals surface area contributed by atoms with Gasteiger partial charge in [-0.25, -0.2) is 9.97 Å². The number of hydrogen-bond donors (Lipinski definition) is 2. The minimum absolute atomic E-state index is 0.171. The van der Waals surface area contributed by atoms with Gasteiger partial charge in [-0.15, -0.1) is 0 Å². The fourth-order valence-electron chi connectivity index (χ4n) is 2.18. The predicted molar refractivity (Wildman–Crippen MR) is 94.1 cm³/mol. The molecule has 26 heavy (non-hydrogen) atoms. The second-order valence-electron chi connectivity index (χ2n) is 5.23. The largest absolute Gasteiger partial charge is 0.497 e. The summed E-state index contributed by atoms with van der Waals surface area (Å²) in [6.45, 7) is 1.73. The summed E-state index contributed by atoms with van der Waals surface area (Å²) in [5.74, 6) is 1.94. The molecule has 134 valence electrons. The highest BCUT2D eigenvalue weighted by Gasteiger charge is 2.13. The molecule has 1 amide bonds. The molecule has 0 atom stereocenters. The second kappa shape index (κ2) is 7.51. The van der Waals surface area contributed by atoms with Gasteiger partial charge in [-0.1, -0.05) is 5.16 Å². The molecule has 3 rings (SSSR count). The molecule has 2 N–H and O–H groups in total. The SMILES string of the molecule is COc1ccc(OC)c(Nc2nccc(C(=O)Nc3cc(C)on3)n2)c1. The lowest BCUT2D eigenvalue weighted by Gasteiger charge is -2.12. The van der Waals surface area contributed by atoms with E-state index in [4.69, 9.17) is 14.0 Å². The number of nitrogens with zero attached hydrogens (tertiary/aromatic N) is 3. The standard InChI is InChI=1S/C17H17N5O4/c1-10-8-15(22-26-10)21-16(23)12-6-7-18-17(19-12)20-13-9-11(24-2)4-5-14(13)25-3/h4-9H,1-3H3,(H,18,19,20)(H,21,22,23). The van der Waals surface area contributed by atoms with Crippen molar-refractivity contribution in [3.63, 3.8) is 0 Å². The summed E-state index contributed by atoms with van der Waals surface area (Å²) < 4.78 is 15.4. The van der Waals surface area contributed by atoms with Crippen molar-refractivity contribution < 1.29 is 18.8 Å². The zero-order valence-corrected chi connectivity index (χ0v) is 14.4. The van der Waals surface area contributed by atoms with Crippen LogP contribution in [0.3, 0.4) is 0 Å². The highest BCUT2D eigenvalue weighted by atomic mass is 16.5. The molecule has 2 heterocycles. The fourth-order valence-corrected chi connectivity index (χ4v) is 2.18. The molecule has 3 aromatic rings. The zero-order valence-electron chi connectivity index (χ0n) is 14.4. The Balaban J connectivity index is 1.80. The van der Waals surface area contributed by atoms with Crippen LogP contribution in [0.2, 0.25) is 0 Å². The van der Waals surface area contributed by atoms with E-state index >= 15 is 0 Å². The summed E-state index contributed by atoms with van der Waals surface area (Å²) in [5, 5.41) is 9.34. The van der Waals surface area contributed by atoms with Crippen molar-refractivity contribution in [3.8, 4) is 11.5 Å². The highest BCUT2D eigenvalue weighted by Crippen LogP contribution is 2.30. The van der Waals surface area contributed by atoms with Gasteiger partial charge in [-0.05, 0) is 25.1 Å². The number of rotatable bonds is 6. The molecule has 0 fully saturated rings. The Hall–Kier alpha value is -3.62. The third-order valence-electron chi connectivity index (χ3n) is 3.41. The maximum Gasteiger partial charge on any atom is 0.275 e. The van der Waals surface area contributed by atoms with Crippen molar-refractivity contribution in [2.75, 3.05) is 24.9 Å². The van der Waals surface area contributed by atoms with Crippen molar-refractivity contribution in [1.82, 2.24) is 15.1 Å². The smallest absolute Gasteiger partial charge is 0.275 e. The van der Waals surface area contributed by atoms with Crippen molar-refractivity contribution in [2.45, 2.75) is 6.92 Å². The molecule has 9 heteroatoms. The van der Waals surface area contributed by atoms with E-state index in [2.05, 4.69) is 25.8 Å². The van der Waals surface area contributed by atoms with E-state index in [-0.39, 0.29) is 11.6 Å². The van der Waals surface area contributed by atoms with E-state index < -0.39 is 5.91 Å². The van der Waals surface area contributed by atoms with Crippen LogP contribution in [0.1, 0.15) is 16.2 Å². The number of aromatic nitrogens is 3. The number of methoxy groups -OCH3 is 2. The summed E-state index contributed by atoms with van der Waals surface area (Å²) in [6.07, 6.45) is 1.48. The number of carbonyl (C=O) groups is 1. The van der Waals surface area contributed by atoms with Gasteiger partial charge in [0.1, 0.15) is 23.0 Å². The van der Waals surface area contributed by atoms with Gasteiger partial charge in [-0.3, -0.25) is 4.79 Å². The number of aryl methyl sites for hydroxylation is 1. The number of anilines is 3. The second-order valence-corrected chi connectivity index (χ2v) is 5.23. The topological polar surface area (TPSA) is 111 Å². The lowest BCUT2D eigenvalue weighted by Crippen LogP contribution is -2.15. The van der Waals surface area contributed by atoms with E-state index in [1.54, 1.807) is 45.4 Å². The van der Waals surface area contributed by atoms with Gasteiger partial charge in [0.2, 0.25) is 5.95 Å². The first-order chi connectivity index (χ1) is 12.6. The fraction of sp³-hybridized carbons (Fsp3) is 0.176. The van der Waals surface area contributed by atoms with Crippen LogP contribution < -0.4 is 20.1 Å². The first-order valence-corrected chi connectivity index (χ1v) is 7.66. The molecule has 0 saturated carbocycles. The molecule has 0 unspecified atom stereocenters. The normalized spacial score (nSPS) is 10.3. The third-order valence-corrected chi connectivity index (χ3v) is 3.41. The van der Waals surface area contributed by atoms with E-state index in [0.29, 0.717) is 28.8 Å². The first kappa shape index (κ1) is 17.2. The predicted octanol–water partition coefficient (Wildman–Crippen LogP) is 2.79. The maximum atomic E-state index is 12.3. The van der Waals surface area contributed by atoms with Gasteiger partial charge in [0.15, 0.2) is 5.82 Å². The van der Waals surface area contributed by atoms with Crippen LogP contribution in [-0.4, -0.2) is 35.3 Å². The number of carbonyl (C=O) groups excluding carboxylic acids is 1. The van der Waals surface area contributed by atoms with Crippen LogP contribution in [0.5, 0.6) is 11.5 Å². The first-order valence-electron chi connectivity index (χ1n) is 7.66. The molecule has 0 aliphatic carbocycles. The molecule has 0 bridgehead atoms. The highest BCUT2D eigenvalue weighted by molar-refractivity contribution is 6.02. The minimum Gasteiger partial charge on any atom is -0.497 e. The molecule has 0 aliphatic rings. The molecule has 2 aromatic heterocycles. The minimum atomic E-state index is -0.429. The van der Waals surface area contributed by atoms with Crippen molar-refractivity contribution >= 4 is 23.4 Å². The third kappa shape index (κ3) is 3.89. The van der Waals surface area contributed by atoms with Crippen LogP contribution in [0.25, 0.3) is 0 Å². The molecular weight excluding hydrogens is 338 g/mol. The molecule has 9 nitrogen and oxygen atoms in total. The van der Waals surface area contributed by atoms with Crippen LogP contribution >= 0.6 is 0 Å². The Labute approximate surface area is 149 Å². The summed E-state index contributed by atoms with van der Waals surface area (Å²) >= 11 is 0. The Morgan fingerprint density at radius 2 is 2.00 bits per heavy atom. The van der Waals surface area contributed by atoms with Gasteiger partial charge in [0.05, 0.1) is 19.9 Å². The summed E-state index contributed by atoms with van der Waals surface area (Å²) in [4.78, 5) is 20.6. The zero-order chi connectivity index (χ0) is 18.5. The number of amides is 1. The van der Waals surface area contributed by atoms with Gasteiger partial charge in [0, 0.05) is 18.3 Å². The Morgan fingerprint density at radius 3 is 2.69 bits per heavy atom. The molecule has 0 aliphatic heterocycles. The van der Waals surface area contributed by atoms with Gasteiger partial charge in [0.25, 0.3) is 5.91 Å². The maximum absolute atomic E-state index is 12.3. The van der Waals surface area contributed by atoms with Crippen molar-refractivity contribution in [1.29, 1.82) is 0 Å². The van der Waals surface area contributed by atoms with Gasteiger partial charge >= 0.3 is 0 Å². The van der Waals surface area contributed by atoms with E-state index in [1.807, 2.05) is 0 Å². The lowest BCUT2D eigenvalue weighted by atomic mass is 10.2. The van der Waals surface area contributed by atoms with Crippen LogP contribution in [0.4, 0.5) is 17.5 Å². The molecule has 0 radical (unpaired) electrons. The molecule has 0 saturated heterocycles. The summed E-state index contributed by atoms with van der Waals surface area (Å²) in [7, 11) is 3.12. The van der Waals surface area contributed by atoms with Gasteiger partial charge in [-0.2, -0.15) is 0 Å². The average molecular weight is 355 g/mol. The number of nitrogens with one attached hydrogen (secondary N) is 2. The number of ether oxygens (including phenoxy) is 2. The van der Waals surface area contributed by atoms with E-state index in [1.165, 1.54) is 12.3 Å². The van der Waals surface area contributed by atoms with Crippen molar-refractivity contribution in [3.05, 3.63) is 48.0 Å². The van der Waals surface area contributed by atoms with Crippen LogP contribution in [0.15, 0.2) is 41.1 Å². The van der Waals surface area contributed by atoms with Crippen LogP contribution in [0, 0.1) is 6.92 Å². The summed E-state index contributed by atoms with van der Waals surface area (Å²) in [5.41, 5.74) is 0.779. The Bertz CT molecular complexity index is 925. The molecule has 1 aromatic carbocycles. The molecular formula is C17H17N5O4. The quantitative estimate of drug-likeness (QED) is 0.694. The average Bonchev–Trinajstić information content (AvgIpc) is 3.06. The molecule has 0 spiro atoms. The van der Waals surface area contributed by atoms with E-state index in [9.17, 15) is 4.79 Å². The van der Waals surface area contributed by atoms with Gasteiger partial charge < -0.3 is 24.6 Å². The Kier molecular flexibility index (Phi) is 4.97. The Morgan fingerprint density at radius 1 is 1.15 bits per heavy atom. The summed E-state index contributed by atoms with van der Waals surface area (Å²) in [6, 6.07) is 8.38. The van der Waals surface area contributed by atoms with Crippen LogP contribution in [-0.2, 0) is 0 Å².